The number of nitrogens with zero attached hydrogens (tertiary/aromatic N) is 3. The van der Waals surface area contributed by atoms with Crippen LogP contribution in [0.1, 0.15) is 11.1 Å². The lowest BCUT2D eigenvalue weighted by atomic mass is 10.1. The summed E-state index contributed by atoms with van der Waals surface area (Å²) in [5, 5.41) is 6.66. The molecule has 2 heterocycles. The lowest BCUT2D eigenvalue weighted by Crippen LogP contribution is -2.44. The molecular weight excluding hydrogens is 295 g/mol. The number of nitrogens with one attached hydrogen (secondary N) is 1. The summed E-state index contributed by atoms with van der Waals surface area (Å²) < 4.78 is 13.4. The normalized spacial score (nSPS) is 16.7. The smallest absolute Gasteiger partial charge is 0.268 e. The van der Waals surface area contributed by atoms with Gasteiger partial charge in [0, 0.05) is 43.9 Å². The van der Waals surface area contributed by atoms with E-state index in [4.69, 9.17) is 0 Å². The quantitative estimate of drug-likeness (QED) is 0.935. The van der Waals surface area contributed by atoms with Gasteiger partial charge < -0.3 is 4.90 Å². The summed E-state index contributed by atoms with van der Waals surface area (Å²) in [6, 6.07) is 6.67. The average molecular weight is 316 g/mol. The van der Waals surface area contributed by atoms with Crippen molar-refractivity contribution in [1.82, 2.24) is 20.0 Å². The molecular formula is C17H21FN4O. The van der Waals surface area contributed by atoms with Crippen molar-refractivity contribution < 1.29 is 4.39 Å². The Morgan fingerprint density at radius 3 is 2.65 bits per heavy atom. The predicted octanol–water partition coefficient (Wildman–Crippen LogP) is 1.63. The lowest BCUT2D eigenvalue weighted by Gasteiger charge is -2.32. The van der Waals surface area contributed by atoms with Crippen LogP contribution in [0, 0.1) is 12.7 Å². The van der Waals surface area contributed by atoms with Gasteiger partial charge in [0.25, 0.3) is 5.56 Å². The van der Waals surface area contributed by atoms with Crippen molar-refractivity contribution in [2.24, 2.45) is 0 Å². The molecule has 0 saturated carbocycles. The Bertz CT molecular complexity index is 750. The summed E-state index contributed by atoms with van der Waals surface area (Å²) >= 11 is 0. The molecule has 0 aliphatic carbocycles. The maximum Gasteiger partial charge on any atom is 0.268 e. The highest BCUT2D eigenvalue weighted by Crippen LogP contribution is 2.20. The van der Waals surface area contributed by atoms with Crippen LogP contribution in [0.5, 0.6) is 0 Å². The van der Waals surface area contributed by atoms with Crippen LogP contribution < -0.4 is 5.56 Å². The van der Waals surface area contributed by atoms with Crippen molar-refractivity contribution in [3.05, 3.63) is 51.6 Å². The summed E-state index contributed by atoms with van der Waals surface area (Å²) in [5.41, 5.74) is 2.57. The van der Waals surface area contributed by atoms with E-state index in [1.807, 2.05) is 6.07 Å². The van der Waals surface area contributed by atoms with Crippen molar-refractivity contribution in [3.8, 4) is 11.3 Å². The first-order valence-electron chi connectivity index (χ1n) is 7.79. The van der Waals surface area contributed by atoms with E-state index < -0.39 is 0 Å². The van der Waals surface area contributed by atoms with Crippen LogP contribution in [-0.4, -0.2) is 53.2 Å². The van der Waals surface area contributed by atoms with Crippen molar-refractivity contribution in [2.45, 2.75) is 13.5 Å². The first-order valence-corrected chi connectivity index (χ1v) is 7.79. The molecule has 0 amide bonds. The minimum absolute atomic E-state index is 0.161. The Balaban J connectivity index is 1.84. The third-order valence-electron chi connectivity index (χ3n) is 4.32. The highest BCUT2D eigenvalue weighted by atomic mass is 19.1. The highest BCUT2D eigenvalue weighted by Gasteiger charge is 2.16. The Kier molecular flexibility index (Phi) is 4.54. The molecule has 1 saturated heterocycles. The third kappa shape index (κ3) is 3.65. The van der Waals surface area contributed by atoms with Gasteiger partial charge in [0.15, 0.2) is 0 Å². The molecule has 1 fully saturated rings. The number of benzene rings is 1. The van der Waals surface area contributed by atoms with Gasteiger partial charge in [-0.15, -0.1) is 0 Å². The molecule has 0 unspecified atom stereocenters. The number of likely N-dealkylation sites (N-methyl/N-ethyl adjacent to an activating group) is 1. The highest BCUT2D eigenvalue weighted by molar-refractivity contribution is 5.60. The van der Waals surface area contributed by atoms with E-state index in [9.17, 15) is 9.18 Å². The second kappa shape index (κ2) is 6.60. The molecule has 3 rings (SSSR count). The van der Waals surface area contributed by atoms with Crippen molar-refractivity contribution in [2.75, 3.05) is 33.2 Å². The zero-order chi connectivity index (χ0) is 16.4. The van der Waals surface area contributed by atoms with Gasteiger partial charge in [0.1, 0.15) is 5.82 Å². The van der Waals surface area contributed by atoms with Gasteiger partial charge in [-0.3, -0.25) is 9.69 Å². The second-order valence-corrected chi connectivity index (χ2v) is 6.15. The number of halogens is 1. The fourth-order valence-corrected chi connectivity index (χ4v) is 2.76. The molecule has 0 bridgehead atoms. The summed E-state index contributed by atoms with van der Waals surface area (Å²) in [4.78, 5) is 16.6. The number of H-pyrrole nitrogens is 1. The SMILES string of the molecule is Cc1cc(-c2cc(CN3CCN(C)CC3)c(=O)[nH]n2)ccc1F. The molecule has 1 aliphatic rings. The molecule has 0 atom stereocenters. The molecule has 6 heteroatoms. The van der Waals surface area contributed by atoms with Crippen LogP contribution in [-0.2, 0) is 6.54 Å². The molecule has 1 aromatic carbocycles. The zero-order valence-corrected chi connectivity index (χ0v) is 13.5. The molecule has 0 radical (unpaired) electrons. The number of aryl methyl sites for hydroxylation is 1. The molecule has 0 spiro atoms. The summed E-state index contributed by atoms with van der Waals surface area (Å²) in [5.74, 6) is -0.240. The monoisotopic (exact) mass is 316 g/mol. The minimum atomic E-state index is -0.240. The standard InChI is InChI=1S/C17H21FN4O/c1-12-9-13(3-4-15(12)18)16-10-14(17(23)20-19-16)11-22-7-5-21(2)6-8-22/h3-4,9-10H,5-8,11H2,1-2H3,(H,20,23). The Morgan fingerprint density at radius 2 is 1.96 bits per heavy atom. The fraction of sp³-hybridized carbons (Fsp3) is 0.412. The van der Waals surface area contributed by atoms with Crippen LogP contribution in [0.3, 0.4) is 0 Å². The van der Waals surface area contributed by atoms with Crippen LogP contribution in [0.15, 0.2) is 29.1 Å². The minimum Gasteiger partial charge on any atom is -0.304 e. The van der Waals surface area contributed by atoms with Gasteiger partial charge in [-0.05, 0) is 43.8 Å². The van der Waals surface area contributed by atoms with Gasteiger partial charge in [0.2, 0.25) is 0 Å². The zero-order valence-electron chi connectivity index (χ0n) is 13.5. The van der Waals surface area contributed by atoms with Crippen molar-refractivity contribution in [1.29, 1.82) is 0 Å². The predicted molar refractivity (Wildman–Crippen MR) is 87.8 cm³/mol. The Labute approximate surface area is 134 Å². The number of rotatable bonds is 3. The van der Waals surface area contributed by atoms with Crippen LogP contribution in [0.2, 0.25) is 0 Å². The molecule has 122 valence electrons. The molecule has 23 heavy (non-hydrogen) atoms. The van der Waals surface area contributed by atoms with E-state index in [2.05, 4.69) is 27.0 Å². The van der Waals surface area contributed by atoms with Crippen LogP contribution in [0.4, 0.5) is 4.39 Å². The summed E-state index contributed by atoms with van der Waals surface area (Å²) in [7, 11) is 2.10. The number of piperazine rings is 1. The second-order valence-electron chi connectivity index (χ2n) is 6.15. The summed E-state index contributed by atoms with van der Waals surface area (Å²) in [6.45, 7) is 6.24. The van der Waals surface area contributed by atoms with Gasteiger partial charge >= 0.3 is 0 Å². The first kappa shape index (κ1) is 15.8. The maximum atomic E-state index is 13.4. The molecule has 5 nitrogen and oxygen atoms in total. The topological polar surface area (TPSA) is 52.2 Å². The summed E-state index contributed by atoms with van der Waals surface area (Å²) in [6.07, 6.45) is 0. The van der Waals surface area contributed by atoms with E-state index in [-0.39, 0.29) is 11.4 Å². The largest absolute Gasteiger partial charge is 0.304 e. The molecule has 1 aliphatic heterocycles. The van der Waals surface area contributed by atoms with Gasteiger partial charge in [-0.25, -0.2) is 9.49 Å². The molecule has 1 N–H and O–H groups in total. The van der Waals surface area contributed by atoms with E-state index >= 15 is 0 Å². The van der Waals surface area contributed by atoms with Crippen LogP contribution >= 0.6 is 0 Å². The lowest BCUT2D eigenvalue weighted by molar-refractivity contribution is 0.147. The molecule has 1 aromatic heterocycles. The van der Waals surface area contributed by atoms with E-state index in [1.165, 1.54) is 6.07 Å². The number of hydrogen-bond acceptors (Lipinski definition) is 4. The third-order valence-corrected chi connectivity index (χ3v) is 4.32. The van der Waals surface area contributed by atoms with Crippen molar-refractivity contribution in [3.63, 3.8) is 0 Å². The number of aromatic amines is 1. The number of aromatic nitrogens is 2. The van der Waals surface area contributed by atoms with Gasteiger partial charge in [-0.1, -0.05) is 0 Å². The average Bonchev–Trinajstić information content (AvgIpc) is 2.54. The Hall–Kier alpha value is -2.05. The molecule has 2 aromatic rings. The first-order chi connectivity index (χ1) is 11.0. The fourth-order valence-electron chi connectivity index (χ4n) is 2.76. The van der Waals surface area contributed by atoms with Crippen molar-refractivity contribution >= 4 is 0 Å². The maximum absolute atomic E-state index is 13.4. The van der Waals surface area contributed by atoms with Gasteiger partial charge in [-0.2, -0.15) is 5.10 Å². The van der Waals surface area contributed by atoms with E-state index in [0.717, 1.165) is 31.7 Å². The van der Waals surface area contributed by atoms with E-state index in [0.29, 0.717) is 23.4 Å². The van der Waals surface area contributed by atoms with Gasteiger partial charge in [0.05, 0.1) is 5.69 Å². The van der Waals surface area contributed by atoms with Crippen LogP contribution in [0.25, 0.3) is 11.3 Å². The Morgan fingerprint density at radius 1 is 1.22 bits per heavy atom. The van der Waals surface area contributed by atoms with E-state index in [1.54, 1.807) is 19.1 Å². The number of hydrogen-bond donors (Lipinski definition) is 1.